The summed E-state index contributed by atoms with van der Waals surface area (Å²) in [6.07, 6.45) is 9.83. The lowest BCUT2D eigenvalue weighted by atomic mass is 9.82. The summed E-state index contributed by atoms with van der Waals surface area (Å²) in [6.45, 7) is 11.0. The summed E-state index contributed by atoms with van der Waals surface area (Å²) in [6, 6.07) is 22.4. The number of amides is 4. The number of ether oxygens (including phenoxy) is 5. The summed E-state index contributed by atoms with van der Waals surface area (Å²) in [4.78, 5) is 61.2. The molecule has 2 aliphatic heterocycles. The summed E-state index contributed by atoms with van der Waals surface area (Å²) >= 11 is 0. The Kier molecular flexibility index (Phi) is 17.0. The van der Waals surface area contributed by atoms with Gasteiger partial charge in [0.25, 0.3) is 11.8 Å². The number of imide groups is 2. The quantitative estimate of drug-likeness (QED) is 0.0620. The largest absolute Gasteiger partial charge is 0.491 e. The molecule has 0 aromatic heterocycles. The second kappa shape index (κ2) is 23.5. The number of aldehydes is 1. The minimum Gasteiger partial charge on any atom is -0.491 e. The molecule has 0 radical (unpaired) electrons. The molecular weight excluding hydrogens is 839 g/mol. The van der Waals surface area contributed by atoms with Crippen LogP contribution in [0, 0.1) is 5.92 Å². The number of benzene rings is 3. The lowest BCUT2D eigenvalue weighted by molar-refractivity contribution is -0.136. The number of hydrogen-bond donors (Lipinski definition) is 2. The Morgan fingerprint density at radius 3 is 2.09 bits per heavy atom. The van der Waals surface area contributed by atoms with E-state index in [0.29, 0.717) is 90.0 Å². The molecule has 348 valence electrons. The topological polar surface area (TPSA) is 159 Å². The van der Waals surface area contributed by atoms with Crippen molar-refractivity contribution in [1.29, 1.82) is 0 Å². The van der Waals surface area contributed by atoms with Crippen LogP contribution in [-0.2, 0) is 39.8 Å². The van der Waals surface area contributed by atoms with Gasteiger partial charge in [-0.15, -0.1) is 0 Å². The minimum absolute atomic E-state index is 0.0672. The van der Waals surface area contributed by atoms with Gasteiger partial charge < -0.3 is 33.8 Å². The SMILES string of the molecule is CC1=CC=C2CCC(c3ccccc3)C3=C(CC(C)=C3C)C12.O=CCc1ccc(OCCOCCOCCOCCOCCNc2cccc3c2C(=O)N(C2CCC(=O)NC2=O)C3=O)cc1. The summed E-state index contributed by atoms with van der Waals surface area (Å²) in [5, 5.41) is 5.32. The van der Waals surface area contributed by atoms with E-state index in [1.165, 1.54) is 24.8 Å². The van der Waals surface area contributed by atoms with Crippen molar-refractivity contribution in [3.8, 4) is 5.75 Å². The van der Waals surface area contributed by atoms with Crippen LogP contribution in [0.1, 0.15) is 90.6 Å². The number of nitrogens with one attached hydrogen (secondary N) is 2. The molecule has 3 unspecified atom stereocenters. The van der Waals surface area contributed by atoms with Crippen molar-refractivity contribution < 1.29 is 47.7 Å². The molecule has 4 amide bonds. The number of rotatable bonds is 21. The Hall–Kier alpha value is -5.99. The maximum atomic E-state index is 13.1. The van der Waals surface area contributed by atoms with Gasteiger partial charge in [-0.05, 0) is 93.0 Å². The highest BCUT2D eigenvalue weighted by atomic mass is 16.6. The summed E-state index contributed by atoms with van der Waals surface area (Å²) in [7, 11) is 0. The van der Waals surface area contributed by atoms with E-state index in [4.69, 9.17) is 23.7 Å². The van der Waals surface area contributed by atoms with E-state index < -0.39 is 29.7 Å². The highest BCUT2D eigenvalue weighted by molar-refractivity contribution is 6.25. The third kappa shape index (κ3) is 11.7. The first-order valence-electron chi connectivity index (χ1n) is 23.0. The fraction of sp³-hybridized carbons (Fsp3) is 0.415. The molecule has 3 atom stereocenters. The molecule has 13 heteroatoms. The van der Waals surface area contributed by atoms with Crippen molar-refractivity contribution in [3.63, 3.8) is 0 Å². The number of carbonyl (C=O) groups is 5. The number of nitrogens with zero attached hydrogens (tertiary/aromatic N) is 1. The number of piperidine rings is 1. The highest BCUT2D eigenvalue weighted by Crippen LogP contribution is 2.53. The van der Waals surface area contributed by atoms with Crippen molar-refractivity contribution in [2.75, 3.05) is 71.3 Å². The van der Waals surface area contributed by atoms with Crippen LogP contribution in [0.4, 0.5) is 5.69 Å². The Balaban J connectivity index is 0.000000243. The van der Waals surface area contributed by atoms with Crippen molar-refractivity contribution in [3.05, 3.63) is 141 Å². The molecule has 13 nitrogen and oxygen atoms in total. The highest BCUT2D eigenvalue weighted by Gasteiger charge is 2.45. The minimum atomic E-state index is -1.01. The van der Waals surface area contributed by atoms with Crippen molar-refractivity contribution in [2.45, 2.75) is 71.3 Å². The normalized spacial score (nSPS) is 19.9. The molecule has 1 fully saturated rings. The second-order valence-corrected chi connectivity index (χ2v) is 17.0. The predicted molar refractivity (Wildman–Crippen MR) is 250 cm³/mol. The van der Waals surface area contributed by atoms with Gasteiger partial charge >= 0.3 is 0 Å². The molecule has 3 aromatic rings. The van der Waals surface area contributed by atoms with Gasteiger partial charge in [-0.3, -0.25) is 29.4 Å². The van der Waals surface area contributed by atoms with Gasteiger partial charge in [-0.1, -0.05) is 83.0 Å². The lowest BCUT2D eigenvalue weighted by Crippen LogP contribution is -2.54. The van der Waals surface area contributed by atoms with E-state index in [9.17, 15) is 24.0 Å². The number of allylic oxidation sites excluding steroid dienone is 8. The zero-order valence-corrected chi connectivity index (χ0v) is 38.2. The number of hydrogen-bond acceptors (Lipinski definition) is 11. The van der Waals surface area contributed by atoms with Crippen LogP contribution in [0.25, 0.3) is 0 Å². The fourth-order valence-corrected chi connectivity index (χ4v) is 9.37. The van der Waals surface area contributed by atoms with E-state index in [1.807, 2.05) is 24.3 Å². The van der Waals surface area contributed by atoms with Gasteiger partial charge in [-0.2, -0.15) is 0 Å². The van der Waals surface area contributed by atoms with Crippen LogP contribution in [0.15, 0.2) is 118 Å². The molecule has 8 rings (SSSR count). The van der Waals surface area contributed by atoms with E-state index >= 15 is 0 Å². The fourth-order valence-electron chi connectivity index (χ4n) is 9.37. The lowest BCUT2D eigenvalue weighted by Gasteiger charge is -2.27. The Bertz CT molecular complexity index is 2370. The molecule has 3 aliphatic carbocycles. The predicted octanol–water partition coefficient (Wildman–Crippen LogP) is 7.49. The standard InChI is InChI=1S/C31H37N3O10.C22H24/c35-12-10-22-4-6-23(7-5-22)44-21-20-43-19-18-42-17-16-41-15-14-40-13-11-32-25-3-1-2-24-28(25)31(39)34(30(24)38)26-8-9-27(36)33-29(26)37;1-14-9-10-18-11-12-19(17-7-5-4-6-8-17)22-16(3)15(2)13-20(22)21(14)18/h1-7,12,26,32H,8-11,13-21H2,(H,33,36,37);4-10,19,21H,11-13H2,1-3H3. The van der Waals surface area contributed by atoms with E-state index in [-0.39, 0.29) is 24.0 Å². The first kappa shape index (κ1) is 48.0. The molecule has 2 heterocycles. The first-order chi connectivity index (χ1) is 32.2. The van der Waals surface area contributed by atoms with Crippen LogP contribution in [0.2, 0.25) is 0 Å². The molecule has 0 spiro atoms. The Morgan fingerprint density at radius 1 is 0.727 bits per heavy atom. The first-order valence-corrected chi connectivity index (χ1v) is 23.0. The number of carbonyl (C=O) groups excluding carboxylic acids is 5. The maximum Gasteiger partial charge on any atom is 0.264 e. The smallest absolute Gasteiger partial charge is 0.264 e. The molecule has 3 aromatic carbocycles. The molecule has 1 saturated heterocycles. The van der Waals surface area contributed by atoms with Gasteiger partial charge in [0.2, 0.25) is 11.8 Å². The zero-order valence-electron chi connectivity index (χ0n) is 38.2. The van der Waals surface area contributed by atoms with Gasteiger partial charge in [-0.25, -0.2) is 0 Å². The molecule has 0 bridgehead atoms. The van der Waals surface area contributed by atoms with Gasteiger partial charge in [0.15, 0.2) is 0 Å². The van der Waals surface area contributed by atoms with Gasteiger partial charge in [0.1, 0.15) is 24.7 Å². The van der Waals surface area contributed by atoms with Crippen LogP contribution >= 0.6 is 0 Å². The monoisotopic (exact) mass is 899 g/mol. The molecule has 5 aliphatic rings. The summed E-state index contributed by atoms with van der Waals surface area (Å²) < 4.78 is 27.6. The maximum absolute atomic E-state index is 13.1. The molecule has 2 N–H and O–H groups in total. The Morgan fingerprint density at radius 2 is 1.41 bits per heavy atom. The van der Waals surface area contributed by atoms with Crippen LogP contribution in [0.5, 0.6) is 5.75 Å². The molecule has 0 saturated carbocycles. The Labute approximate surface area is 387 Å². The third-order valence-corrected chi connectivity index (χ3v) is 12.7. The van der Waals surface area contributed by atoms with E-state index in [2.05, 4.69) is 73.9 Å². The van der Waals surface area contributed by atoms with Crippen LogP contribution < -0.4 is 15.4 Å². The number of fused-ring (bicyclic) bond motifs is 3. The van der Waals surface area contributed by atoms with Crippen LogP contribution in [-0.4, -0.2) is 107 Å². The second-order valence-electron chi connectivity index (χ2n) is 17.0. The van der Waals surface area contributed by atoms with Crippen molar-refractivity contribution >= 4 is 35.6 Å². The van der Waals surface area contributed by atoms with E-state index in [0.717, 1.165) is 22.5 Å². The molecule has 66 heavy (non-hydrogen) atoms. The molecular formula is C53H61N3O10. The average molecular weight is 900 g/mol. The summed E-state index contributed by atoms with van der Waals surface area (Å²) in [5.74, 6) is -0.269. The van der Waals surface area contributed by atoms with Crippen LogP contribution in [0.3, 0.4) is 0 Å². The summed E-state index contributed by atoms with van der Waals surface area (Å²) in [5.41, 5.74) is 13.0. The third-order valence-electron chi connectivity index (χ3n) is 12.7. The zero-order chi connectivity index (χ0) is 46.4. The number of anilines is 1. The van der Waals surface area contributed by atoms with E-state index in [1.54, 1.807) is 51.6 Å². The van der Waals surface area contributed by atoms with Crippen molar-refractivity contribution in [2.24, 2.45) is 5.92 Å². The average Bonchev–Trinajstić information content (AvgIpc) is 3.87. The van der Waals surface area contributed by atoms with Crippen molar-refractivity contribution in [1.82, 2.24) is 10.2 Å². The van der Waals surface area contributed by atoms with Gasteiger partial charge in [0.05, 0.1) is 64.0 Å². The van der Waals surface area contributed by atoms with Gasteiger partial charge in [0, 0.05) is 36.9 Å².